The summed E-state index contributed by atoms with van der Waals surface area (Å²) in [7, 11) is 0. The van der Waals surface area contributed by atoms with E-state index in [0.29, 0.717) is 5.57 Å². The molecule has 1 aromatic carbocycles. The van der Waals surface area contributed by atoms with Gasteiger partial charge in [0, 0.05) is 35.5 Å². The molecule has 2 fully saturated rings. The summed E-state index contributed by atoms with van der Waals surface area (Å²) >= 11 is 5.05. The number of rotatable bonds is 3. The highest BCUT2D eigenvalue weighted by Crippen LogP contribution is 2.75. The van der Waals surface area contributed by atoms with Crippen molar-refractivity contribution in [3.63, 3.8) is 0 Å². The van der Waals surface area contributed by atoms with Crippen LogP contribution in [0.5, 0.6) is 0 Å². The Kier molecular flexibility index (Phi) is 6.37. The van der Waals surface area contributed by atoms with Gasteiger partial charge in [-0.15, -0.1) is 0 Å². The molecule has 0 heterocycles. The first-order chi connectivity index (χ1) is 18.4. The maximum atomic E-state index is 14.3. The smallest absolute Gasteiger partial charge is 0.261 e. The molecular weight excluding hydrogens is 561 g/mol. The minimum Gasteiger partial charge on any atom is -0.464 e. The number of aliphatic hydroxyl groups excluding tert-OH is 1. The molecular formula is C27H28F5NO6S. The summed E-state index contributed by atoms with van der Waals surface area (Å²) in [5.41, 5.74) is -7.75. The van der Waals surface area contributed by atoms with Gasteiger partial charge >= 0.3 is 0 Å². The van der Waals surface area contributed by atoms with Gasteiger partial charge in [-0.05, 0) is 30.3 Å². The van der Waals surface area contributed by atoms with Gasteiger partial charge in [-0.2, -0.15) is 0 Å². The van der Waals surface area contributed by atoms with E-state index in [-0.39, 0.29) is 12.0 Å². The van der Waals surface area contributed by atoms with Crippen molar-refractivity contribution < 1.29 is 51.9 Å². The monoisotopic (exact) mass is 589 g/mol. The van der Waals surface area contributed by atoms with Gasteiger partial charge in [0.2, 0.25) is 5.82 Å². The number of halogens is 5. The predicted octanol–water partition coefficient (Wildman–Crippen LogP) is 3.05. The average Bonchev–Trinajstić information content (AvgIpc) is 3.29. The fourth-order valence-corrected chi connectivity index (χ4v) is 7.77. The third-order valence-electron chi connectivity index (χ3n) is 9.68. The Morgan fingerprint density at radius 1 is 1.05 bits per heavy atom. The van der Waals surface area contributed by atoms with Crippen LogP contribution in [0.15, 0.2) is 23.3 Å². The molecule has 0 amide bonds. The predicted molar refractivity (Wildman–Crippen MR) is 134 cm³/mol. The largest absolute Gasteiger partial charge is 0.464 e. The summed E-state index contributed by atoms with van der Waals surface area (Å²) in [6.45, 7) is 5.81. The van der Waals surface area contributed by atoms with Crippen LogP contribution in [0, 0.1) is 58.2 Å². The van der Waals surface area contributed by atoms with E-state index >= 15 is 0 Å². The van der Waals surface area contributed by atoms with E-state index in [1.807, 2.05) is 5.32 Å². The number of hydrogen-bond donors (Lipinski definition) is 5. The molecule has 40 heavy (non-hydrogen) atoms. The summed E-state index contributed by atoms with van der Waals surface area (Å²) in [6, 6.07) is 0. The fraction of sp³-hybridized carbons (Fsp3) is 0.556. The Hall–Kier alpha value is -2.45. The summed E-state index contributed by atoms with van der Waals surface area (Å²) in [5.74, 6) is -15.7. The van der Waals surface area contributed by atoms with E-state index in [0.717, 1.165) is 0 Å². The third-order valence-corrected chi connectivity index (χ3v) is 9.88. The number of nitrogens with one attached hydrogen (secondary N) is 1. The summed E-state index contributed by atoms with van der Waals surface area (Å²) in [6.07, 6.45) is 1.33. The Balaban J connectivity index is 1.57. The van der Waals surface area contributed by atoms with E-state index in [1.165, 1.54) is 19.9 Å². The van der Waals surface area contributed by atoms with Crippen LogP contribution in [0.2, 0.25) is 0 Å². The molecule has 0 unspecified atom stereocenters. The Labute approximate surface area is 231 Å². The molecule has 1 aromatic rings. The van der Waals surface area contributed by atoms with Crippen molar-refractivity contribution in [2.45, 2.75) is 57.0 Å². The van der Waals surface area contributed by atoms with Gasteiger partial charge in [0.25, 0.3) is 5.17 Å². The fourth-order valence-electron chi connectivity index (χ4n) is 7.57. The van der Waals surface area contributed by atoms with E-state index in [2.05, 4.69) is 0 Å². The first kappa shape index (κ1) is 29.1. The van der Waals surface area contributed by atoms with Crippen LogP contribution in [-0.4, -0.2) is 60.9 Å². The summed E-state index contributed by atoms with van der Waals surface area (Å²) < 4.78 is 75.2. The number of hydrogen-bond acceptors (Lipinski definition) is 7. The Morgan fingerprint density at radius 3 is 2.15 bits per heavy atom. The molecule has 0 spiro atoms. The van der Waals surface area contributed by atoms with Gasteiger partial charge in [-0.1, -0.05) is 32.9 Å². The number of carbonyl (C=O) groups is 1. The molecule has 7 nitrogen and oxygen atoms in total. The lowest BCUT2D eigenvalue weighted by Gasteiger charge is -2.52. The molecule has 0 saturated heterocycles. The molecule has 4 aliphatic carbocycles. The first-order valence-corrected chi connectivity index (χ1v) is 13.0. The van der Waals surface area contributed by atoms with Crippen LogP contribution in [-0.2, 0) is 9.53 Å². The zero-order valence-corrected chi connectivity index (χ0v) is 22.7. The van der Waals surface area contributed by atoms with Crippen molar-refractivity contribution in [2.24, 2.45) is 29.1 Å². The Morgan fingerprint density at radius 2 is 1.60 bits per heavy atom. The summed E-state index contributed by atoms with van der Waals surface area (Å²) in [5, 5.41) is 47.0. The molecule has 0 radical (unpaired) electrons. The molecule has 5 rings (SSSR count). The SMILES string of the molecule is CC1=C[C@H]2[C@@]3(O)[C@H](C)[C@@H](OC(=S)Nc4c(F)c(F)c(F)c(F)c4F)[C@]4(O)[C@@H]([C@@H]3C=C(CO)C[C@]2(O)C1=O)C4(C)C. The zero-order valence-electron chi connectivity index (χ0n) is 21.9. The number of ether oxygens (including phenoxy) is 1. The minimum absolute atomic E-state index is 0.197. The zero-order chi connectivity index (χ0) is 29.9. The molecule has 0 aromatic heterocycles. The van der Waals surface area contributed by atoms with Crippen LogP contribution in [0.3, 0.4) is 0 Å². The van der Waals surface area contributed by atoms with Crippen molar-refractivity contribution in [1.29, 1.82) is 0 Å². The number of benzene rings is 1. The minimum atomic E-state index is -2.36. The third kappa shape index (κ3) is 3.41. The number of fused-ring (bicyclic) bond motifs is 5. The van der Waals surface area contributed by atoms with Crippen molar-refractivity contribution >= 4 is 28.9 Å². The van der Waals surface area contributed by atoms with Crippen LogP contribution in [0.4, 0.5) is 27.6 Å². The maximum absolute atomic E-state index is 14.3. The lowest BCUT2D eigenvalue weighted by atomic mass is 9.59. The summed E-state index contributed by atoms with van der Waals surface area (Å²) in [4.78, 5) is 13.1. The van der Waals surface area contributed by atoms with Gasteiger partial charge in [-0.25, -0.2) is 22.0 Å². The molecule has 5 N–H and O–H groups in total. The van der Waals surface area contributed by atoms with Crippen LogP contribution in [0.25, 0.3) is 0 Å². The standard InChI is InChI=1S/C27H28F5NO6S/c1-9-5-13-25(36,21(9)35)7-11(8-34)6-12-20-24(3,4)27(20,38)22(10(2)26(12,13)37)39-23(40)33-19-17(31)15(29)14(28)16(30)18(19)32/h5-6,10,12-13,20,22,34,36-38H,7-8H2,1-4H3,(H,33,40)/t10-,12+,13-,20+,22-,25-,26-,27-/m1/s1. The van der Waals surface area contributed by atoms with Crippen molar-refractivity contribution in [2.75, 3.05) is 11.9 Å². The molecule has 218 valence electrons. The number of carbonyl (C=O) groups excluding carboxylic acids is 1. The number of aliphatic hydroxyl groups is 4. The van der Waals surface area contributed by atoms with Crippen LogP contribution in [0.1, 0.15) is 34.1 Å². The van der Waals surface area contributed by atoms with Crippen LogP contribution >= 0.6 is 12.2 Å². The first-order valence-electron chi connectivity index (χ1n) is 12.6. The molecule has 4 aliphatic rings. The van der Waals surface area contributed by atoms with Gasteiger partial charge in [0.15, 0.2) is 29.1 Å². The van der Waals surface area contributed by atoms with Gasteiger partial charge in [-0.3, -0.25) is 4.79 Å². The average molecular weight is 590 g/mol. The number of ketones is 1. The van der Waals surface area contributed by atoms with E-state index in [1.54, 1.807) is 19.9 Å². The second-order valence-corrected chi connectivity index (χ2v) is 12.2. The maximum Gasteiger partial charge on any atom is 0.261 e. The van der Waals surface area contributed by atoms with Crippen molar-refractivity contribution in [3.8, 4) is 0 Å². The highest BCUT2D eigenvalue weighted by atomic mass is 32.1. The number of Topliss-reactive ketones (excluding diaryl/α,β-unsaturated/α-hetero) is 1. The highest BCUT2D eigenvalue weighted by Gasteiger charge is 2.85. The Bertz CT molecular complexity index is 1390. The second kappa shape index (κ2) is 8.78. The second-order valence-electron chi connectivity index (χ2n) is 11.9. The molecule has 0 bridgehead atoms. The van der Waals surface area contributed by atoms with E-state index < -0.39 is 104 Å². The lowest BCUT2D eigenvalue weighted by Crippen LogP contribution is -2.65. The molecule has 0 aliphatic heterocycles. The van der Waals surface area contributed by atoms with E-state index in [9.17, 15) is 47.2 Å². The van der Waals surface area contributed by atoms with Gasteiger partial charge in [0.1, 0.15) is 23.0 Å². The molecule has 2 saturated carbocycles. The quantitative estimate of drug-likeness (QED) is 0.120. The molecule has 8 atom stereocenters. The number of thiocarbonyl (C=S) groups is 1. The van der Waals surface area contributed by atoms with Crippen molar-refractivity contribution in [3.05, 3.63) is 52.4 Å². The normalized spacial score (nSPS) is 39.3. The molecule has 13 heteroatoms. The van der Waals surface area contributed by atoms with Gasteiger partial charge < -0.3 is 30.5 Å². The van der Waals surface area contributed by atoms with Crippen LogP contribution < -0.4 is 5.32 Å². The van der Waals surface area contributed by atoms with Gasteiger partial charge in [0.05, 0.1) is 12.2 Å². The van der Waals surface area contributed by atoms with E-state index in [4.69, 9.17) is 17.0 Å². The topological polar surface area (TPSA) is 119 Å². The number of anilines is 1. The highest BCUT2D eigenvalue weighted by molar-refractivity contribution is 7.80. The van der Waals surface area contributed by atoms with Crippen molar-refractivity contribution in [1.82, 2.24) is 0 Å². The lowest BCUT2D eigenvalue weighted by molar-refractivity contribution is -0.206.